The van der Waals surface area contributed by atoms with Gasteiger partial charge in [0, 0.05) is 12.0 Å². The molecule has 0 bridgehead atoms. The van der Waals surface area contributed by atoms with E-state index in [0.717, 1.165) is 19.5 Å². The summed E-state index contributed by atoms with van der Waals surface area (Å²) in [6.07, 6.45) is 3.30. The van der Waals surface area contributed by atoms with Crippen LogP contribution in [-0.4, -0.2) is 17.4 Å². The molecular formula is C16H17BrN2. The standard InChI is InChI=1S/C16H17N2.BrH/c1-2-6-14(7-3-1)12-17-18-11-10-15-8-4-5-9-16(15)13-18;/h1-9,13,17H,10-12H2;1H/q+1;/p-1. The summed E-state index contributed by atoms with van der Waals surface area (Å²) in [6.45, 7) is 1.91. The fourth-order valence-electron chi connectivity index (χ4n) is 2.27. The van der Waals surface area contributed by atoms with Crippen LogP contribution in [-0.2, 0) is 13.0 Å². The average Bonchev–Trinajstić information content (AvgIpc) is 2.46. The molecule has 1 heterocycles. The Bertz CT molecular complexity index is 564. The maximum atomic E-state index is 3.46. The Morgan fingerprint density at radius 1 is 0.947 bits per heavy atom. The minimum absolute atomic E-state index is 0. The van der Waals surface area contributed by atoms with E-state index in [1.807, 2.05) is 6.07 Å². The molecule has 0 fully saturated rings. The highest BCUT2D eigenvalue weighted by Gasteiger charge is 2.14. The molecule has 0 spiro atoms. The van der Waals surface area contributed by atoms with E-state index >= 15 is 0 Å². The van der Waals surface area contributed by atoms with E-state index in [9.17, 15) is 0 Å². The van der Waals surface area contributed by atoms with Crippen molar-refractivity contribution in [2.75, 3.05) is 6.54 Å². The topological polar surface area (TPSA) is 15.0 Å². The van der Waals surface area contributed by atoms with Crippen molar-refractivity contribution < 1.29 is 21.7 Å². The predicted molar refractivity (Wildman–Crippen MR) is 73.7 cm³/mol. The molecule has 0 saturated heterocycles. The van der Waals surface area contributed by atoms with Crippen LogP contribution < -0.4 is 22.4 Å². The summed E-state index contributed by atoms with van der Waals surface area (Å²) in [7, 11) is 0. The van der Waals surface area contributed by atoms with E-state index in [4.69, 9.17) is 0 Å². The zero-order valence-corrected chi connectivity index (χ0v) is 12.3. The Hall–Kier alpha value is -1.61. The Balaban J connectivity index is 0.00000133. The van der Waals surface area contributed by atoms with Gasteiger partial charge in [-0.25, -0.2) is 0 Å². The summed E-state index contributed by atoms with van der Waals surface area (Å²) < 4.78 is 2.19. The second-order valence-corrected chi connectivity index (χ2v) is 4.59. The van der Waals surface area contributed by atoms with Gasteiger partial charge in [0.2, 0.25) is 6.21 Å². The molecule has 98 valence electrons. The van der Waals surface area contributed by atoms with E-state index in [1.165, 1.54) is 16.7 Å². The Kier molecular flexibility index (Phi) is 4.74. The highest BCUT2D eigenvalue weighted by Crippen LogP contribution is 2.10. The van der Waals surface area contributed by atoms with Crippen molar-refractivity contribution in [1.82, 2.24) is 5.43 Å². The molecule has 2 aromatic rings. The number of hydrogen-bond donors (Lipinski definition) is 1. The van der Waals surface area contributed by atoms with Gasteiger partial charge in [-0.05, 0) is 17.2 Å². The van der Waals surface area contributed by atoms with Gasteiger partial charge in [0.1, 0.15) is 0 Å². The van der Waals surface area contributed by atoms with Crippen LogP contribution in [0.4, 0.5) is 0 Å². The number of nitrogens with zero attached hydrogens (tertiary/aromatic N) is 1. The lowest BCUT2D eigenvalue weighted by Gasteiger charge is -2.12. The molecule has 1 N–H and O–H groups in total. The largest absolute Gasteiger partial charge is 1.00 e. The van der Waals surface area contributed by atoms with Crippen molar-refractivity contribution in [3.63, 3.8) is 0 Å². The number of fused-ring (bicyclic) bond motifs is 1. The molecular weight excluding hydrogens is 300 g/mol. The van der Waals surface area contributed by atoms with E-state index in [-0.39, 0.29) is 17.0 Å². The van der Waals surface area contributed by atoms with E-state index in [2.05, 4.69) is 64.9 Å². The molecule has 1 aliphatic heterocycles. The second-order valence-electron chi connectivity index (χ2n) is 4.59. The number of hydrogen-bond acceptors (Lipinski definition) is 1. The molecule has 19 heavy (non-hydrogen) atoms. The fourth-order valence-corrected chi connectivity index (χ4v) is 2.27. The summed E-state index contributed by atoms with van der Waals surface area (Å²) in [5, 5.41) is 0. The maximum absolute atomic E-state index is 3.46. The van der Waals surface area contributed by atoms with Gasteiger partial charge in [-0.1, -0.05) is 48.5 Å². The zero-order valence-electron chi connectivity index (χ0n) is 10.7. The molecule has 0 aliphatic carbocycles. The third-order valence-electron chi connectivity index (χ3n) is 3.30. The number of benzene rings is 2. The van der Waals surface area contributed by atoms with Crippen LogP contribution >= 0.6 is 0 Å². The van der Waals surface area contributed by atoms with Crippen molar-refractivity contribution in [1.29, 1.82) is 0 Å². The van der Waals surface area contributed by atoms with Crippen molar-refractivity contribution in [2.24, 2.45) is 0 Å². The van der Waals surface area contributed by atoms with Gasteiger partial charge in [0.05, 0.1) is 6.54 Å². The van der Waals surface area contributed by atoms with Gasteiger partial charge in [0.15, 0.2) is 6.54 Å². The third kappa shape index (κ3) is 3.44. The van der Waals surface area contributed by atoms with Gasteiger partial charge in [-0.2, -0.15) is 5.43 Å². The predicted octanol–water partition coefficient (Wildman–Crippen LogP) is -0.617. The smallest absolute Gasteiger partial charge is 0.200 e. The Morgan fingerprint density at radius 2 is 1.68 bits per heavy atom. The summed E-state index contributed by atoms with van der Waals surface area (Å²) in [6, 6.07) is 19.1. The molecule has 0 aromatic heterocycles. The number of nitrogens with one attached hydrogen (secondary N) is 1. The minimum Gasteiger partial charge on any atom is -1.00 e. The first kappa shape index (κ1) is 13.8. The van der Waals surface area contributed by atoms with Crippen LogP contribution in [0.25, 0.3) is 0 Å². The number of hydrazine groups is 1. The maximum Gasteiger partial charge on any atom is 0.200 e. The van der Waals surface area contributed by atoms with Gasteiger partial charge in [-0.3, -0.25) is 0 Å². The Labute approximate surface area is 124 Å². The molecule has 0 radical (unpaired) electrons. The van der Waals surface area contributed by atoms with Crippen molar-refractivity contribution in [3.8, 4) is 0 Å². The van der Waals surface area contributed by atoms with Crippen LogP contribution in [0.15, 0.2) is 54.6 Å². The lowest BCUT2D eigenvalue weighted by atomic mass is 10.0. The highest BCUT2D eigenvalue weighted by molar-refractivity contribution is 5.78. The molecule has 2 nitrogen and oxygen atoms in total. The number of hydrazone groups is 1. The van der Waals surface area contributed by atoms with Gasteiger partial charge in [0.25, 0.3) is 0 Å². The molecule has 1 aliphatic rings. The molecule has 3 rings (SSSR count). The molecule has 0 saturated carbocycles. The first-order valence-corrected chi connectivity index (χ1v) is 6.39. The van der Waals surface area contributed by atoms with Gasteiger partial charge in [-0.15, -0.1) is 4.68 Å². The van der Waals surface area contributed by atoms with Crippen LogP contribution in [0, 0.1) is 0 Å². The lowest BCUT2D eigenvalue weighted by Crippen LogP contribution is -3.00. The number of rotatable bonds is 3. The molecule has 0 unspecified atom stereocenters. The summed E-state index contributed by atoms with van der Waals surface area (Å²) in [5.74, 6) is 0. The molecule has 2 aromatic carbocycles. The van der Waals surface area contributed by atoms with Crippen molar-refractivity contribution in [3.05, 3.63) is 71.3 Å². The first-order chi connectivity index (χ1) is 8.92. The summed E-state index contributed by atoms with van der Waals surface area (Å²) in [5.41, 5.74) is 7.53. The van der Waals surface area contributed by atoms with E-state index in [0.29, 0.717) is 0 Å². The third-order valence-corrected chi connectivity index (χ3v) is 3.30. The van der Waals surface area contributed by atoms with Gasteiger partial charge >= 0.3 is 0 Å². The molecule has 0 amide bonds. The molecule has 0 atom stereocenters. The second kappa shape index (κ2) is 6.53. The minimum atomic E-state index is 0. The summed E-state index contributed by atoms with van der Waals surface area (Å²) >= 11 is 0. The molecule has 3 heteroatoms. The van der Waals surface area contributed by atoms with Crippen molar-refractivity contribution in [2.45, 2.75) is 13.0 Å². The van der Waals surface area contributed by atoms with Crippen LogP contribution in [0.5, 0.6) is 0 Å². The highest BCUT2D eigenvalue weighted by atomic mass is 79.9. The van der Waals surface area contributed by atoms with E-state index in [1.54, 1.807) is 0 Å². The number of halogens is 1. The zero-order chi connectivity index (χ0) is 12.2. The van der Waals surface area contributed by atoms with Gasteiger partial charge < -0.3 is 17.0 Å². The quantitative estimate of drug-likeness (QED) is 0.746. The van der Waals surface area contributed by atoms with E-state index < -0.39 is 0 Å². The normalized spacial score (nSPS) is 12.9. The first-order valence-electron chi connectivity index (χ1n) is 6.39. The Morgan fingerprint density at radius 3 is 2.53 bits per heavy atom. The van der Waals surface area contributed by atoms with Crippen LogP contribution in [0.1, 0.15) is 16.7 Å². The SMILES string of the molecule is C1=[N+](NCc2ccccc2)CCc2ccccc21.[Br-]. The average molecular weight is 317 g/mol. The van der Waals surface area contributed by atoms with Crippen molar-refractivity contribution >= 4 is 6.21 Å². The van der Waals surface area contributed by atoms with Crippen LogP contribution in [0.3, 0.4) is 0 Å². The summed E-state index contributed by atoms with van der Waals surface area (Å²) in [4.78, 5) is 0. The van der Waals surface area contributed by atoms with Crippen LogP contribution in [0.2, 0.25) is 0 Å². The monoisotopic (exact) mass is 316 g/mol. The lowest BCUT2D eigenvalue weighted by molar-refractivity contribution is -0.586. The fraction of sp³-hybridized carbons (Fsp3) is 0.188.